The molecule has 1 amide bonds. The van der Waals surface area contributed by atoms with Crippen molar-refractivity contribution in [2.24, 2.45) is 5.10 Å². The number of Topliss-reactive ketones (excluding diaryl/α,β-unsaturated/α-hetero) is 1. The predicted octanol–water partition coefficient (Wildman–Crippen LogP) is 4.22. The van der Waals surface area contributed by atoms with Crippen LogP contribution in [0.4, 0.5) is 5.82 Å². The number of nitrogens with zero attached hydrogens (tertiary/aromatic N) is 2. The summed E-state index contributed by atoms with van der Waals surface area (Å²) in [5.41, 5.74) is 6.07. The van der Waals surface area contributed by atoms with Crippen LogP contribution < -0.4 is 15.5 Å². The van der Waals surface area contributed by atoms with Gasteiger partial charge in [-0.25, -0.2) is 4.98 Å². The van der Waals surface area contributed by atoms with Gasteiger partial charge in [-0.1, -0.05) is 24.3 Å². The summed E-state index contributed by atoms with van der Waals surface area (Å²) in [5, 5.41) is 6.79. The maximum atomic E-state index is 12.5. The fourth-order valence-electron chi connectivity index (χ4n) is 4.42. The number of ketones is 1. The van der Waals surface area contributed by atoms with Crippen LogP contribution in [0.15, 0.2) is 77.4 Å². The molecule has 0 spiro atoms. The quantitative estimate of drug-likeness (QED) is 0.0977. The minimum absolute atomic E-state index is 0.174. The lowest BCUT2D eigenvalue weighted by molar-refractivity contribution is 0.0948. The highest BCUT2D eigenvalue weighted by Crippen LogP contribution is 2.32. The van der Waals surface area contributed by atoms with Crippen molar-refractivity contribution >= 4 is 33.8 Å². The van der Waals surface area contributed by atoms with Crippen molar-refractivity contribution in [3.05, 3.63) is 95.2 Å². The molecule has 0 unspecified atom stereocenters. The first-order valence-electron chi connectivity index (χ1n) is 12.8. The summed E-state index contributed by atoms with van der Waals surface area (Å²) < 4.78 is 38.2. The molecular formula is C29H30N4O6S. The number of nitrogens with one attached hydrogen (secondary N) is 2. The third-order valence-electron chi connectivity index (χ3n) is 6.34. The number of hydrazone groups is 1. The Hall–Kier alpha value is -4.35. The first-order chi connectivity index (χ1) is 19.3. The molecule has 0 aliphatic heterocycles. The maximum absolute atomic E-state index is 12.5. The highest BCUT2D eigenvalue weighted by molar-refractivity contribution is 7.86. The van der Waals surface area contributed by atoms with Gasteiger partial charge in [0, 0.05) is 35.9 Å². The molecule has 1 aliphatic rings. The number of hydrogen-bond donors (Lipinski definition) is 3. The van der Waals surface area contributed by atoms with Crippen LogP contribution in [0.5, 0.6) is 5.75 Å². The Kier molecular flexibility index (Phi) is 9.41. The Morgan fingerprint density at radius 1 is 1.15 bits per heavy atom. The molecule has 3 aromatic rings. The van der Waals surface area contributed by atoms with Gasteiger partial charge in [0.25, 0.3) is 16.0 Å². The Balaban J connectivity index is 1.25. The van der Waals surface area contributed by atoms with E-state index in [1.807, 2.05) is 18.2 Å². The van der Waals surface area contributed by atoms with E-state index in [0.29, 0.717) is 43.8 Å². The maximum Gasteiger partial charge on any atom is 0.295 e. The van der Waals surface area contributed by atoms with Crippen LogP contribution in [0.2, 0.25) is 0 Å². The Labute approximate surface area is 232 Å². The van der Waals surface area contributed by atoms with E-state index in [-0.39, 0.29) is 22.1 Å². The van der Waals surface area contributed by atoms with E-state index in [2.05, 4.69) is 27.4 Å². The lowest BCUT2D eigenvalue weighted by Gasteiger charge is -2.21. The zero-order valence-electron chi connectivity index (χ0n) is 21.8. The van der Waals surface area contributed by atoms with E-state index in [4.69, 9.17) is 4.74 Å². The van der Waals surface area contributed by atoms with Crippen molar-refractivity contribution in [1.29, 1.82) is 0 Å². The van der Waals surface area contributed by atoms with Crippen LogP contribution in [-0.4, -0.2) is 49.0 Å². The summed E-state index contributed by atoms with van der Waals surface area (Å²) in [7, 11) is -4.38. The van der Waals surface area contributed by atoms with Gasteiger partial charge in [-0.2, -0.15) is 13.5 Å². The number of aromatic nitrogens is 1. The van der Waals surface area contributed by atoms with Gasteiger partial charge in [-0.05, 0) is 61.6 Å². The molecule has 1 aliphatic carbocycles. The highest BCUT2D eigenvalue weighted by Gasteiger charge is 2.22. The molecule has 2 aromatic carbocycles. The molecule has 1 aromatic heterocycles. The molecule has 3 N–H and O–H groups in total. The minimum Gasteiger partial charge on any atom is -0.493 e. The fraction of sp³-hybridized carbons (Fsp3) is 0.241. The largest absolute Gasteiger partial charge is 0.493 e. The number of fused-ring (bicyclic) bond motifs is 1. The second-order valence-corrected chi connectivity index (χ2v) is 10.5. The molecule has 4 rings (SSSR count). The average molecular weight is 563 g/mol. The topological polar surface area (TPSA) is 147 Å². The normalized spacial score (nSPS) is 13.1. The summed E-state index contributed by atoms with van der Waals surface area (Å²) in [6.45, 7) is 4.63. The molecule has 0 radical (unpaired) electrons. The zero-order valence-corrected chi connectivity index (χ0v) is 22.6. The number of carbonyl (C=O) groups is 2. The van der Waals surface area contributed by atoms with Gasteiger partial charge in [0.1, 0.15) is 16.5 Å². The van der Waals surface area contributed by atoms with Gasteiger partial charge < -0.3 is 10.1 Å². The summed E-state index contributed by atoms with van der Waals surface area (Å²) >= 11 is 0. The van der Waals surface area contributed by atoms with Crippen molar-refractivity contribution in [2.45, 2.75) is 37.0 Å². The number of benzene rings is 2. The van der Waals surface area contributed by atoms with Gasteiger partial charge in [-0.15, -0.1) is 6.58 Å². The number of allylic oxidation sites excluding steroid dienone is 1. The van der Waals surface area contributed by atoms with Gasteiger partial charge in [0.2, 0.25) is 0 Å². The summed E-state index contributed by atoms with van der Waals surface area (Å²) in [5.74, 6) is 0.973. The standard InChI is InChI=1S/C29H30N4O6S/c1-2-7-24-22-9-5-10-25(34)23(22)13-14-26(24)39-17-6-16-30-29(35)21-12-15-28(31-18-21)33-32-19-20-8-3-4-11-27(20)40(36,37)38/h2-4,8,11-15,18-19H,1,5-7,9-10,16-17H2,(H,30,35)(H,31,33)(H,36,37,38)/b32-19+. The fourth-order valence-corrected chi connectivity index (χ4v) is 5.09. The number of anilines is 1. The van der Waals surface area contributed by atoms with E-state index in [1.54, 1.807) is 18.2 Å². The molecular weight excluding hydrogens is 532 g/mol. The second-order valence-electron chi connectivity index (χ2n) is 9.11. The molecule has 40 heavy (non-hydrogen) atoms. The number of ether oxygens (including phenoxy) is 1. The summed E-state index contributed by atoms with van der Waals surface area (Å²) in [6.07, 6.45) is 7.95. The number of amides is 1. The Morgan fingerprint density at radius 3 is 2.73 bits per heavy atom. The third-order valence-corrected chi connectivity index (χ3v) is 7.26. The highest BCUT2D eigenvalue weighted by atomic mass is 32.2. The number of carbonyl (C=O) groups excluding carboxylic acids is 2. The van der Waals surface area contributed by atoms with Crippen LogP contribution in [0, 0.1) is 0 Å². The number of rotatable bonds is 12. The van der Waals surface area contributed by atoms with Crippen molar-refractivity contribution in [3.8, 4) is 5.75 Å². The molecule has 10 nitrogen and oxygen atoms in total. The molecule has 0 saturated carbocycles. The van der Waals surface area contributed by atoms with Gasteiger partial charge >= 0.3 is 0 Å². The molecule has 0 fully saturated rings. The molecule has 0 saturated heterocycles. The SMILES string of the molecule is C=CCc1c(OCCCNC(=O)c2ccc(N/N=C/c3ccccc3S(=O)(=O)O)nc2)ccc2c1CCCC2=O. The molecule has 0 bridgehead atoms. The molecule has 1 heterocycles. The second kappa shape index (κ2) is 13.1. The van der Waals surface area contributed by atoms with Crippen LogP contribution in [0.1, 0.15) is 56.7 Å². The van der Waals surface area contributed by atoms with Crippen LogP contribution in [-0.2, 0) is 23.0 Å². The number of pyridine rings is 1. The molecule has 11 heteroatoms. The summed E-state index contributed by atoms with van der Waals surface area (Å²) in [4.78, 5) is 28.6. The zero-order chi connectivity index (χ0) is 28.5. The van der Waals surface area contributed by atoms with Gasteiger partial charge in [-0.3, -0.25) is 19.6 Å². The monoisotopic (exact) mass is 562 g/mol. The van der Waals surface area contributed by atoms with E-state index in [0.717, 1.165) is 35.3 Å². The third kappa shape index (κ3) is 7.19. The first-order valence-corrected chi connectivity index (χ1v) is 14.2. The van der Waals surface area contributed by atoms with E-state index in [1.165, 1.54) is 30.6 Å². The van der Waals surface area contributed by atoms with Crippen molar-refractivity contribution < 1.29 is 27.3 Å². The predicted molar refractivity (Wildman–Crippen MR) is 152 cm³/mol. The van der Waals surface area contributed by atoms with E-state index in [9.17, 15) is 22.6 Å². The van der Waals surface area contributed by atoms with E-state index >= 15 is 0 Å². The van der Waals surface area contributed by atoms with Crippen LogP contribution >= 0.6 is 0 Å². The van der Waals surface area contributed by atoms with Crippen LogP contribution in [0.25, 0.3) is 0 Å². The minimum atomic E-state index is -4.38. The molecule has 208 valence electrons. The van der Waals surface area contributed by atoms with Gasteiger partial charge in [0.05, 0.1) is 18.4 Å². The first kappa shape index (κ1) is 28.7. The van der Waals surface area contributed by atoms with Gasteiger partial charge in [0.15, 0.2) is 5.78 Å². The van der Waals surface area contributed by atoms with Crippen molar-refractivity contribution in [2.75, 3.05) is 18.6 Å². The van der Waals surface area contributed by atoms with Crippen LogP contribution in [0.3, 0.4) is 0 Å². The lowest BCUT2D eigenvalue weighted by atomic mass is 9.86. The molecule has 0 atom stereocenters. The van der Waals surface area contributed by atoms with Crippen molar-refractivity contribution in [1.82, 2.24) is 10.3 Å². The Morgan fingerprint density at radius 2 is 1.98 bits per heavy atom. The lowest BCUT2D eigenvalue weighted by Crippen LogP contribution is -2.25. The van der Waals surface area contributed by atoms with Crippen molar-refractivity contribution in [3.63, 3.8) is 0 Å². The average Bonchev–Trinajstić information content (AvgIpc) is 2.94. The summed E-state index contributed by atoms with van der Waals surface area (Å²) in [6, 6.07) is 12.7. The van der Waals surface area contributed by atoms with E-state index < -0.39 is 10.1 Å². The number of hydrogen-bond acceptors (Lipinski definition) is 8. The Bertz CT molecular complexity index is 1530. The smallest absolute Gasteiger partial charge is 0.295 e.